The Hall–Kier alpha value is -3.37. The van der Waals surface area contributed by atoms with Crippen LogP contribution >= 0.6 is 15.9 Å². The lowest BCUT2D eigenvalue weighted by Crippen LogP contribution is -2.17. The molecule has 0 bridgehead atoms. The zero-order chi connectivity index (χ0) is 23.4. The van der Waals surface area contributed by atoms with E-state index in [2.05, 4.69) is 26.2 Å². The van der Waals surface area contributed by atoms with Gasteiger partial charge in [-0.05, 0) is 71.4 Å². The van der Waals surface area contributed by atoms with Crippen LogP contribution in [0.4, 0.5) is 5.82 Å². The Bertz CT molecular complexity index is 1390. The minimum absolute atomic E-state index is 0.0301. The number of aromatic nitrogens is 2. The molecule has 0 amide bonds. The maximum absolute atomic E-state index is 12.5. The number of fused-ring (bicyclic) bond motifs is 1. The van der Waals surface area contributed by atoms with Crippen molar-refractivity contribution in [3.8, 4) is 17.0 Å². The zero-order valence-electron chi connectivity index (χ0n) is 17.6. The van der Waals surface area contributed by atoms with E-state index in [1.54, 1.807) is 49.4 Å². The third-order valence-corrected chi connectivity index (χ3v) is 6.38. The number of nitrogens with one attached hydrogen (secondary N) is 1. The highest BCUT2D eigenvalue weighted by Crippen LogP contribution is 2.31. The molecule has 2 aromatic carbocycles. The van der Waals surface area contributed by atoms with Gasteiger partial charge in [0.1, 0.15) is 34.3 Å². The summed E-state index contributed by atoms with van der Waals surface area (Å²) in [4.78, 5) is 16.6. The number of hydrogen-bond donors (Lipinski definition) is 1. The number of anilines is 1. The Balaban J connectivity index is 1.64. The average molecular weight is 530 g/mol. The predicted octanol–water partition coefficient (Wildman–Crippen LogP) is 4.51. The first-order valence-corrected chi connectivity index (χ1v) is 12.2. The van der Waals surface area contributed by atoms with Crippen molar-refractivity contribution in [3.05, 3.63) is 77.4 Å². The molecule has 0 radical (unpaired) electrons. The van der Waals surface area contributed by atoms with Gasteiger partial charge >= 0.3 is 16.1 Å². The van der Waals surface area contributed by atoms with Crippen molar-refractivity contribution >= 4 is 43.5 Å². The summed E-state index contributed by atoms with van der Waals surface area (Å²) in [6, 6.07) is 18.2. The van der Waals surface area contributed by atoms with Crippen molar-refractivity contribution in [2.24, 2.45) is 0 Å². The van der Waals surface area contributed by atoms with Crippen molar-refractivity contribution < 1.29 is 22.1 Å². The van der Waals surface area contributed by atoms with Crippen LogP contribution in [0.1, 0.15) is 6.92 Å². The van der Waals surface area contributed by atoms with Gasteiger partial charge in [0.25, 0.3) is 0 Å². The van der Waals surface area contributed by atoms with Gasteiger partial charge in [0, 0.05) is 16.2 Å². The second-order valence-electron chi connectivity index (χ2n) is 6.92. The maximum Gasteiger partial charge on any atom is 0.339 e. The van der Waals surface area contributed by atoms with E-state index in [-0.39, 0.29) is 23.2 Å². The van der Waals surface area contributed by atoms with Gasteiger partial charge in [-0.25, -0.2) is 4.98 Å². The fourth-order valence-electron chi connectivity index (χ4n) is 3.19. The summed E-state index contributed by atoms with van der Waals surface area (Å²) in [7, 11) is -3.94. The Morgan fingerprint density at radius 3 is 2.48 bits per heavy atom. The molecule has 0 spiro atoms. The number of nitrogens with zero attached hydrogens (tertiary/aromatic N) is 2. The van der Waals surface area contributed by atoms with Gasteiger partial charge in [-0.2, -0.15) is 8.42 Å². The van der Waals surface area contributed by atoms with E-state index in [1.165, 1.54) is 12.1 Å². The normalized spacial score (nSPS) is 11.3. The molecule has 10 heteroatoms. The number of hydrogen-bond acceptors (Lipinski definition) is 7. The Labute approximate surface area is 199 Å². The lowest BCUT2D eigenvalue weighted by Gasteiger charge is -2.10. The molecular formula is C23H20BrN3O5S. The molecule has 0 saturated heterocycles. The second kappa shape index (κ2) is 9.63. The molecule has 0 fully saturated rings. The van der Waals surface area contributed by atoms with Gasteiger partial charge in [0.15, 0.2) is 0 Å². The lowest BCUT2D eigenvalue weighted by atomic mass is 10.1. The second-order valence-corrected chi connectivity index (χ2v) is 9.38. The SMILES string of the molecule is CCOC(=O)CNc1c(-c2ccc(OS(=O)(=O)c3ccccc3)cc2)nc2ccc(Br)cn12. The number of carbonyl (C=O) groups is 1. The van der Waals surface area contributed by atoms with Crippen molar-refractivity contribution in [1.29, 1.82) is 0 Å². The Kier molecular flexibility index (Phi) is 6.66. The summed E-state index contributed by atoms with van der Waals surface area (Å²) in [5, 5.41) is 3.10. The fourth-order valence-corrected chi connectivity index (χ4v) is 4.48. The van der Waals surface area contributed by atoms with Crippen molar-refractivity contribution in [1.82, 2.24) is 9.38 Å². The number of halogens is 1. The molecule has 0 atom stereocenters. The summed E-state index contributed by atoms with van der Waals surface area (Å²) < 4.78 is 37.9. The number of ether oxygens (including phenoxy) is 1. The summed E-state index contributed by atoms with van der Waals surface area (Å²) in [6.07, 6.45) is 1.84. The zero-order valence-corrected chi connectivity index (χ0v) is 20.0. The Morgan fingerprint density at radius 1 is 1.06 bits per heavy atom. The van der Waals surface area contributed by atoms with E-state index < -0.39 is 10.1 Å². The van der Waals surface area contributed by atoms with Crippen LogP contribution in [0.5, 0.6) is 5.75 Å². The number of carbonyl (C=O) groups excluding carboxylic acids is 1. The van der Waals surface area contributed by atoms with Crippen LogP contribution in [0.15, 0.2) is 82.3 Å². The molecule has 1 N–H and O–H groups in total. The molecule has 170 valence electrons. The predicted molar refractivity (Wildman–Crippen MR) is 128 cm³/mol. The van der Waals surface area contributed by atoms with Crippen LogP contribution in [-0.4, -0.2) is 36.9 Å². The highest BCUT2D eigenvalue weighted by Gasteiger charge is 2.18. The van der Waals surface area contributed by atoms with Gasteiger partial charge < -0.3 is 14.2 Å². The highest BCUT2D eigenvalue weighted by atomic mass is 79.9. The molecule has 2 heterocycles. The van der Waals surface area contributed by atoms with E-state index in [9.17, 15) is 13.2 Å². The monoisotopic (exact) mass is 529 g/mol. The van der Waals surface area contributed by atoms with Gasteiger partial charge in [-0.1, -0.05) is 18.2 Å². The van der Waals surface area contributed by atoms with Crippen LogP contribution < -0.4 is 9.50 Å². The van der Waals surface area contributed by atoms with Crippen LogP contribution in [0, 0.1) is 0 Å². The summed E-state index contributed by atoms with van der Waals surface area (Å²) >= 11 is 3.45. The molecule has 0 saturated carbocycles. The minimum Gasteiger partial charge on any atom is -0.465 e. The quantitative estimate of drug-likeness (QED) is 0.265. The molecule has 4 rings (SSSR count). The standard InChI is InChI=1S/C23H20BrN3O5S/c1-2-31-21(28)14-25-23-22(26-20-13-10-17(24)15-27(20)23)16-8-11-18(12-9-16)32-33(29,30)19-6-4-3-5-7-19/h3-13,15,25H,2,14H2,1H3. The van der Waals surface area contributed by atoms with Gasteiger partial charge in [0.05, 0.1) is 6.61 Å². The van der Waals surface area contributed by atoms with Crippen LogP contribution in [0.2, 0.25) is 0 Å². The first kappa shape index (κ1) is 22.8. The van der Waals surface area contributed by atoms with Gasteiger partial charge in [0.2, 0.25) is 0 Å². The molecule has 0 aliphatic heterocycles. The first-order valence-electron chi connectivity index (χ1n) is 10.0. The molecule has 0 unspecified atom stereocenters. The highest BCUT2D eigenvalue weighted by molar-refractivity contribution is 9.10. The van der Waals surface area contributed by atoms with Crippen molar-refractivity contribution in [3.63, 3.8) is 0 Å². The summed E-state index contributed by atoms with van der Waals surface area (Å²) in [6.45, 7) is 2.01. The molecule has 0 aliphatic rings. The number of imidazole rings is 1. The number of esters is 1. The van der Waals surface area contributed by atoms with Crippen molar-refractivity contribution in [2.75, 3.05) is 18.5 Å². The summed E-state index contributed by atoms with van der Waals surface area (Å²) in [5.74, 6) is 0.392. The van der Waals surface area contributed by atoms with Crippen LogP contribution in [0.3, 0.4) is 0 Å². The van der Waals surface area contributed by atoms with E-state index in [0.717, 1.165) is 4.47 Å². The maximum atomic E-state index is 12.5. The van der Waals surface area contributed by atoms with E-state index >= 15 is 0 Å². The fraction of sp³-hybridized carbons (Fsp3) is 0.130. The minimum atomic E-state index is -3.94. The third kappa shape index (κ3) is 5.18. The molecule has 33 heavy (non-hydrogen) atoms. The average Bonchev–Trinajstić information content (AvgIpc) is 3.16. The van der Waals surface area contributed by atoms with Crippen LogP contribution in [-0.2, 0) is 19.6 Å². The van der Waals surface area contributed by atoms with Gasteiger partial charge in [-0.3, -0.25) is 9.20 Å². The first-order chi connectivity index (χ1) is 15.9. The number of rotatable bonds is 8. The number of pyridine rings is 1. The lowest BCUT2D eigenvalue weighted by molar-refractivity contribution is -0.140. The molecule has 0 aliphatic carbocycles. The van der Waals surface area contributed by atoms with E-state index in [4.69, 9.17) is 8.92 Å². The summed E-state index contributed by atoms with van der Waals surface area (Å²) in [5.41, 5.74) is 1.98. The smallest absolute Gasteiger partial charge is 0.339 e. The van der Waals surface area contributed by atoms with Crippen LogP contribution in [0.25, 0.3) is 16.9 Å². The largest absolute Gasteiger partial charge is 0.465 e. The molecule has 8 nitrogen and oxygen atoms in total. The van der Waals surface area contributed by atoms with Crippen molar-refractivity contribution in [2.45, 2.75) is 11.8 Å². The topological polar surface area (TPSA) is 99.0 Å². The third-order valence-electron chi connectivity index (χ3n) is 4.65. The molecule has 2 aromatic heterocycles. The van der Waals surface area contributed by atoms with E-state index in [1.807, 2.05) is 22.7 Å². The number of benzene rings is 2. The Morgan fingerprint density at radius 2 is 1.79 bits per heavy atom. The molecular weight excluding hydrogens is 510 g/mol. The molecule has 4 aromatic rings. The van der Waals surface area contributed by atoms with Gasteiger partial charge in [-0.15, -0.1) is 0 Å². The van der Waals surface area contributed by atoms with E-state index in [0.29, 0.717) is 29.3 Å².